The van der Waals surface area contributed by atoms with Gasteiger partial charge in [0.15, 0.2) is 11.5 Å². The molecule has 3 rings (SSSR count). The van der Waals surface area contributed by atoms with E-state index in [-0.39, 0.29) is 5.63 Å². The van der Waals surface area contributed by atoms with Crippen molar-refractivity contribution in [2.24, 2.45) is 0 Å². The second-order valence-electron chi connectivity index (χ2n) is 4.97. The van der Waals surface area contributed by atoms with Gasteiger partial charge in [-0.2, -0.15) is 0 Å². The first-order valence-corrected chi connectivity index (χ1v) is 7.23. The van der Waals surface area contributed by atoms with E-state index in [1.807, 2.05) is 13.0 Å². The molecule has 22 heavy (non-hydrogen) atoms. The lowest BCUT2D eigenvalue weighted by molar-refractivity contribution is 0.0224. The Bertz CT molecular complexity index is 706. The molecular weight excluding hydrogens is 288 g/mol. The average molecular weight is 306 g/mol. The summed E-state index contributed by atoms with van der Waals surface area (Å²) in [4.78, 5) is 11.5. The molecule has 2 heterocycles. The normalized spacial score (nSPS) is 16.8. The fourth-order valence-corrected chi connectivity index (χ4v) is 2.29. The van der Waals surface area contributed by atoms with Crippen LogP contribution in [0.2, 0.25) is 0 Å². The predicted octanol–water partition coefficient (Wildman–Crippen LogP) is 1.91. The zero-order valence-electron chi connectivity index (χ0n) is 12.4. The van der Waals surface area contributed by atoms with Gasteiger partial charge in [0, 0.05) is 17.5 Å². The molecule has 1 aromatic heterocycles. The number of hydrogen-bond donors (Lipinski definition) is 0. The van der Waals surface area contributed by atoms with Crippen molar-refractivity contribution in [1.29, 1.82) is 0 Å². The largest absolute Gasteiger partial charge is 0.487 e. The van der Waals surface area contributed by atoms with Crippen molar-refractivity contribution >= 4 is 11.0 Å². The van der Waals surface area contributed by atoms with Crippen molar-refractivity contribution < 1.29 is 23.4 Å². The van der Waals surface area contributed by atoms with E-state index in [0.29, 0.717) is 56.7 Å². The Morgan fingerprint density at radius 2 is 1.41 bits per heavy atom. The molecule has 0 unspecified atom stereocenters. The standard InChI is InChI=1S/C16H18O6/c1-11-8-16(17)22-13-10-15-14(9-12(11)13)20-6-4-18-2-3-19-5-7-21-15/h8-10H,2-7H2,1H3. The van der Waals surface area contributed by atoms with Gasteiger partial charge in [0.25, 0.3) is 0 Å². The van der Waals surface area contributed by atoms with E-state index in [1.165, 1.54) is 6.07 Å². The fraction of sp³-hybridized carbons (Fsp3) is 0.438. The van der Waals surface area contributed by atoms with Crippen LogP contribution in [0.3, 0.4) is 0 Å². The molecule has 2 aromatic rings. The maximum Gasteiger partial charge on any atom is 0.336 e. The number of aryl methyl sites for hydroxylation is 1. The van der Waals surface area contributed by atoms with Gasteiger partial charge in [-0.3, -0.25) is 0 Å². The van der Waals surface area contributed by atoms with E-state index in [4.69, 9.17) is 23.4 Å². The lowest BCUT2D eigenvalue weighted by Gasteiger charge is -2.16. The monoisotopic (exact) mass is 306 g/mol. The van der Waals surface area contributed by atoms with Crippen LogP contribution in [0, 0.1) is 6.92 Å². The van der Waals surface area contributed by atoms with Gasteiger partial charge in [-0.1, -0.05) is 0 Å². The summed E-state index contributed by atoms with van der Waals surface area (Å²) in [5, 5.41) is 0.825. The molecule has 0 fully saturated rings. The summed E-state index contributed by atoms with van der Waals surface area (Å²) in [6.07, 6.45) is 0. The number of rotatable bonds is 0. The minimum Gasteiger partial charge on any atom is -0.487 e. The molecule has 6 nitrogen and oxygen atoms in total. The minimum absolute atomic E-state index is 0.379. The van der Waals surface area contributed by atoms with Crippen LogP contribution in [0.4, 0.5) is 0 Å². The van der Waals surface area contributed by atoms with Crippen molar-refractivity contribution in [3.8, 4) is 11.5 Å². The molecule has 0 aliphatic carbocycles. The fourth-order valence-electron chi connectivity index (χ4n) is 2.29. The highest BCUT2D eigenvalue weighted by Crippen LogP contribution is 2.33. The van der Waals surface area contributed by atoms with Gasteiger partial charge in [-0.25, -0.2) is 4.79 Å². The third kappa shape index (κ3) is 3.40. The van der Waals surface area contributed by atoms with Crippen LogP contribution in [-0.2, 0) is 9.47 Å². The lowest BCUT2D eigenvalue weighted by atomic mass is 10.1. The first-order valence-electron chi connectivity index (χ1n) is 7.23. The molecule has 0 bridgehead atoms. The summed E-state index contributed by atoms with van der Waals surface area (Å²) in [7, 11) is 0. The Kier molecular flexibility index (Phi) is 4.60. The van der Waals surface area contributed by atoms with E-state index in [0.717, 1.165) is 10.9 Å². The van der Waals surface area contributed by atoms with E-state index in [1.54, 1.807) is 6.07 Å². The van der Waals surface area contributed by atoms with Gasteiger partial charge in [-0.15, -0.1) is 0 Å². The molecule has 1 aromatic carbocycles. The van der Waals surface area contributed by atoms with Gasteiger partial charge >= 0.3 is 5.63 Å². The Balaban J connectivity index is 1.98. The molecule has 0 amide bonds. The zero-order valence-corrected chi connectivity index (χ0v) is 12.4. The number of benzene rings is 1. The molecule has 0 spiro atoms. The second kappa shape index (κ2) is 6.81. The maximum absolute atomic E-state index is 11.5. The van der Waals surface area contributed by atoms with E-state index >= 15 is 0 Å². The highest BCUT2D eigenvalue weighted by molar-refractivity contribution is 5.83. The Morgan fingerprint density at radius 1 is 0.818 bits per heavy atom. The third-order valence-corrected chi connectivity index (χ3v) is 3.36. The first kappa shape index (κ1) is 14.9. The topological polar surface area (TPSA) is 67.1 Å². The van der Waals surface area contributed by atoms with Crippen molar-refractivity contribution in [2.45, 2.75) is 6.92 Å². The average Bonchev–Trinajstić information content (AvgIpc) is 2.47. The van der Waals surface area contributed by atoms with Gasteiger partial charge in [0.05, 0.1) is 26.4 Å². The molecule has 118 valence electrons. The van der Waals surface area contributed by atoms with Gasteiger partial charge in [0.1, 0.15) is 18.8 Å². The highest BCUT2D eigenvalue weighted by atomic mass is 16.6. The Labute approximate surface area is 127 Å². The van der Waals surface area contributed by atoms with E-state index in [9.17, 15) is 4.79 Å². The number of fused-ring (bicyclic) bond motifs is 2. The maximum atomic E-state index is 11.5. The van der Waals surface area contributed by atoms with Crippen molar-refractivity contribution in [2.75, 3.05) is 39.6 Å². The number of ether oxygens (including phenoxy) is 4. The molecule has 1 aliphatic rings. The molecular formula is C16H18O6. The molecule has 0 N–H and O–H groups in total. The summed E-state index contributed by atoms with van der Waals surface area (Å²) in [6, 6.07) is 4.98. The molecule has 0 atom stereocenters. The Hall–Kier alpha value is -2.05. The lowest BCUT2D eigenvalue weighted by Crippen LogP contribution is -2.15. The summed E-state index contributed by atoms with van der Waals surface area (Å²) < 4.78 is 27.5. The molecule has 0 saturated carbocycles. The molecule has 0 saturated heterocycles. The zero-order chi connectivity index (χ0) is 15.4. The van der Waals surface area contributed by atoms with Crippen LogP contribution in [0.5, 0.6) is 11.5 Å². The van der Waals surface area contributed by atoms with Gasteiger partial charge in [0.2, 0.25) is 0 Å². The van der Waals surface area contributed by atoms with Crippen molar-refractivity contribution in [1.82, 2.24) is 0 Å². The van der Waals surface area contributed by atoms with Gasteiger partial charge in [-0.05, 0) is 18.6 Å². The number of hydrogen-bond acceptors (Lipinski definition) is 6. The van der Waals surface area contributed by atoms with Crippen LogP contribution in [0.1, 0.15) is 5.56 Å². The van der Waals surface area contributed by atoms with Crippen molar-refractivity contribution in [3.05, 3.63) is 34.2 Å². The van der Waals surface area contributed by atoms with Crippen LogP contribution >= 0.6 is 0 Å². The second-order valence-corrected chi connectivity index (χ2v) is 4.97. The highest BCUT2D eigenvalue weighted by Gasteiger charge is 2.12. The predicted molar refractivity (Wildman–Crippen MR) is 79.8 cm³/mol. The summed E-state index contributed by atoms with van der Waals surface area (Å²) in [5.41, 5.74) is 0.940. The van der Waals surface area contributed by atoms with Gasteiger partial charge < -0.3 is 23.4 Å². The Morgan fingerprint density at radius 3 is 2.09 bits per heavy atom. The molecule has 6 heteroatoms. The SMILES string of the molecule is Cc1cc(=O)oc2cc3c(cc12)OCCOCCOCCO3. The summed E-state index contributed by atoms with van der Waals surface area (Å²) in [5.74, 6) is 1.14. The quantitative estimate of drug-likeness (QED) is 0.693. The minimum atomic E-state index is -0.379. The van der Waals surface area contributed by atoms with Crippen LogP contribution in [0.15, 0.2) is 27.4 Å². The van der Waals surface area contributed by atoms with Crippen molar-refractivity contribution in [3.63, 3.8) is 0 Å². The van der Waals surface area contributed by atoms with Crippen LogP contribution in [-0.4, -0.2) is 39.6 Å². The van der Waals surface area contributed by atoms with Crippen LogP contribution < -0.4 is 15.1 Å². The van der Waals surface area contributed by atoms with Crippen LogP contribution in [0.25, 0.3) is 11.0 Å². The first-order chi connectivity index (χ1) is 10.7. The molecule has 0 radical (unpaired) electrons. The van der Waals surface area contributed by atoms with E-state index < -0.39 is 0 Å². The third-order valence-electron chi connectivity index (χ3n) is 3.36. The summed E-state index contributed by atoms with van der Waals surface area (Å²) >= 11 is 0. The van der Waals surface area contributed by atoms with E-state index in [2.05, 4.69) is 0 Å². The summed E-state index contributed by atoms with van der Waals surface area (Å²) in [6.45, 7) is 4.66. The smallest absolute Gasteiger partial charge is 0.336 e. The molecule has 1 aliphatic heterocycles.